The third kappa shape index (κ3) is 0.993. The fourth-order valence-electron chi connectivity index (χ4n) is 0.486. The molecule has 0 fully saturated rings. The van der Waals surface area contributed by atoms with Crippen LogP contribution in [0.2, 0.25) is 0 Å². The van der Waals surface area contributed by atoms with Crippen LogP contribution >= 0.6 is 0 Å². The van der Waals surface area contributed by atoms with Crippen molar-refractivity contribution in [2.45, 2.75) is 0 Å². The molecule has 0 saturated carbocycles. The number of rotatable bonds is 1. The van der Waals surface area contributed by atoms with E-state index in [4.69, 9.17) is 5.53 Å². The monoisotopic (exact) mass is 140 g/mol. The summed E-state index contributed by atoms with van der Waals surface area (Å²) in [6.45, 7) is 0. The number of hydrogen-bond acceptors (Lipinski definition) is 4. The zero-order valence-corrected chi connectivity index (χ0v) is 4.84. The highest BCUT2D eigenvalue weighted by molar-refractivity contribution is 5.26. The van der Waals surface area contributed by atoms with Gasteiger partial charge in [0, 0.05) is 6.20 Å². The summed E-state index contributed by atoms with van der Waals surface area (Å²) in [7, 11) is 0. The van der Waals surface area contributed by atoms with Gasteiger partial charge in [0.25, 0.3) is 5.56 Å². The van der Waals surface area contributed by atoms with Crippen molar-refractivity contribution in [2.75, 3.05) is 0 Å². The number of aromatic amines is 2. The van der Waals surface area contributed by atoms with Crippen LogP contribution in [0.4, 0.5) is 5.69 Å². The zero-order chi connectivity index (χ0) is 7.56. The number of nitrogens with one attached hydrogen (secondary N) is 3. The van der Waals surface area contributed by atoms with E-state index in [9.17, 15) is 9.59 Å². The molecule has 0 amide bonds. The first-order valence-electron chi connectivity index (χ1n) is 2.43. The normalized spacial score (nSPS) is 9.20. The SMILES string of the molecule is N=Nc1c[nH]c(=O)[nH]c1=O. The second-order valence-electron chi connectivity index (χ2n) is 1.57. The Balaban J connectivity index is 3.48. The third-order valence-corrected chi connectivity index (χ3v) is 0.920. The van der Waals surface area contributed by atoms with Crippen molar-refractivity contribution in [3.63, 3.8) is 0 Å². The Hall–Kier alpha value is -1.72. The van der Waals surface area contributed by atoms with Gasteiger partial charge in [0.1, 0.15) is 0 Å². The van der Waals surface area contributed by atoms with Gasteiger partial charge in [-0.05, 0) is 0 Å². The van der Waals surface area contributed by atoms with Crippen LogP contribution in [0.1, 0.15) is 0 Å². The quantitative estimate of drug-likeness (QED) is 0.467. The van der Waals surface area contributed by atoms with Crippen molar-refractivity contribution in [3.05, 3.63) is 27.0 Å². The molecule has 0 unspecified atom stereocenters. The van der Waals surface area contributed by atoms with Crippen molar-refractivity contribution >= 4 is 5.69 Å². The maximum absolute atomic E-state index is 10.6. The molecule has 1 rings (SSSR count). The van der Waals surface area contributed by atoms with Gasteiger partial charge < -0.3 is 4.98 Å². The van der Waals surface area contributed by atoms with Crippen LogP contribution in [0.15, 0.2) is 20.9 Å². The van der Waals surface area contributed by atoms with Crippen molar-refractivity contribution in [3.8, 4) is 0 Å². The number of aromatic nitrogens is 2. The van der Waals surface area contributed by atoms with E-state index in [1.165, 1.54) is 0 Å². The molecule has 0 aliphatic heterocycles. The zero-order valence-electron chi connectivity index (χ0n) is 4.84. The minimum Gasteiger partial charge on any atom is -0.312 e. The lowest BCUT2D eigenvalue weighted by Gasteiger charge is -1.84. The van der Waals surface area contributed by atoms with Crippen molar-refractivity contribution in [1.29, 1.82) is 5.53 Å². The molecular formula is C4H4N4O2. The van der Waals surface area contributed by atoms with E-state index in [1.807, 2.05) is 4.98 Å². The van der Waals surface area contributed by atoms with E-state index >= 15 is 0 Å². The van der Waals surface area contributed by atoms with E-state index in [-0.39, 0.29) is 5.69 Å². The minimum absolute atomic E-state index is 0.111. The predicted octanol–water partition coefficient (Wildman–Crippen LogP) is -0.274. The van der Waals surface area contributed by atoms with Crippen LogP contribution in [-0.4, -0.2) is 9.97 Å². The maximum Gasteiger partial charge on any atom is 0.325 e. The lowest BCUT2D eigenvalue weighted by Crippen LogP contribution is -2.20. The summed E-state index contributed by atoms with van der Waals surface area (Å²) in [6.07, 6.45) is 1.08. The molecular weight excluding hydrogens is 136 g/mol. The molecule has 52 valence electrons. The van der Waals surface area contributed by atoms with Gasteiger partial charge in [-0.3, -0.25) is 9.78 Å². The van der Waals surface area contributed by atoms with E-state index in [0.717, 1.165) is 6.20 Å². The first-order chi connectivity index (χ1) is 4.74. The Morgan fingerprint density at radius 1 is 1.50 bits per heavy atom. The Labute approximate surface area is 54.4 Å². The van der Waals surface area contributed by atoms with Gasteiger partial charge in [0.05, 0.1) is 0 Å². The van der Waals surface area contributed by atoms with Crippen molar-refractivity contribution in [1.82, 2.24) is 9.97 Å². The minimum atomic E-state index is -0.654. The fraction of sp³-hybridized carbons (Fsp3) is 0. The van der Waals surface area contributed by atoms with Crippen LogP contribution in [0, 0.1) is 5.53 Å². The summed E-state index contributed by atoms with van der Waals surface area (Å²) >= 11 is 0. The molecule has 1 heterocycles. The summed E-state index contributed by atoms with van der Waals surface area (Å²) in [5.41, 5.74) is 5.07. The van der Waals surface area contributed by atoms with Gasteiger partial charge in [-0.2, -0.15) is 5.11 Å². The fourth-order valence-corrected chi connectivity index (χ4v) is 0.486. The number of hydrogen-bond donors (Lipinski definition) is 3. The molecule has 0 bridgehead atoms. The van der Waals surface area contributed by atoms with Gasteiger partial charge in [0.2, 0.25) is 0 Å². The summed E-state index contributed by atoms with van der Waals surface area (Å²) in [4.78, 5) is 25.0. The summed E-state index contributed by atoms with van der Waals surface area (Å²) in [5.74, 6) is 0. The Kier molecular flexibility index (Phi) is 1.44. The molecule has 1 aromatic rings. The second kappa shape index (κ2) is 2.26. The van der Waals surface area contributed by atoms with Gasteiger partial charge in [-0.25, -0.2) is 10.3 Å². The topological polar surface area (TPSA) is 102 Å². The van der Waals surface area contributed by atoms with Crippen LogP contribution in [0.5, 0.6) is 0 Å². The summed E-state index contributed by atoms with van der Waals surface area (Å²) in [6, 6.07) is 0. The van der Waals surface area contributed by atoms with Crippen molar-refractivity contribution in [2.24, 2.45) is 5.11 Å². The van der Waals surface area contributed by atoms with E-state index in [0.29, 0.717) is 0 Å². The molecule has 0 aliphatic carbocycles. The highest BCUT2D eigenvalue weighted by Gasteiger charge is 1.94. The highest BCUT2D eigenvalue weighted by Crippen LogP contribution is 1.94. The Morgan fingerprint density at radius 2 is 2.20 bits per heavy atom. The molecule has 0 aliphatic rings. The first kappa shape index (κ1) is 6.40. The standard InChI is InChI=1S/C4H4N4O2/c5-8-2-1-6-4(10)7-3(2)9/h1,5H,(H2,6,7,9,10). The predicted molar refractivity (Wildman–Crippen MR) is 32.5 cm³/mol. The van der Waals surface area contributed by atoms with Crippen molar-refractivity contribution < 1.29 is 0 Å². The largest absolute Gasteiger partial charge is 0.325 e. The smallest absolute Gasteiger partial charge is 0.312 e. The summed E-state index contributed by atoms with van der Waals surface area (Å²) < 4.78 is 0. The molecule has 0 radical (unpaired) electrons. The molecule has 10 heavy (non-hydrogen) atoms. The molecule has 0 saturated heterocycles. The van der Waals surface area contributed by atoms with Crippen LogP contribution in [0.3, 0.4) is 0 Å². The molecule has 1 aromatic heterocycles. The molecule has 3 N–H and O–H groups in total. The average Bonchev–Trinajstić information content (AvgIpc) is 1.88. The van der Waals surface area contributed by atoms with Gasteiger partial charge in [0.15, 0.2) is 5.69 Å². The van der Waals surface area contributed by atoms with Crippen LogP contribution in [0.25, 0.3) is 0 Å². The number of H-pyrrole nitrogens is 2. The van der Waals surface area contributed by atoms with E-state index in [1.54, 1.807) is 0 Å². The lowest BCUT2D eigenvalue weighted by atomic mass is 10.5. The lowest BCUT2D eigenvalue weighted by molar-refractivity contribution is 1.00. The maximum atomic E-state index is 10.6. The van der Waals surface area contributed by atoms with E-state index in [2.05, 4.69) is 10.1 Å². The average molecular weight is 140 g/mol. The molecule has 0 atom stereocenters. The Bertz CT molecular complexity index is 349. The molecule has 6 nitrogen and oxygen atoms in total. The summed E-state index contributed by atoms with van der Waals surface area (Å²) in [5, 5.41) is 2.85. The third-order valence-electron chi connectivity index (χ3n) is 0.920. The van der Waals surface area contributed by atoms with E-state index < -0.39 is 11.2 Å². The molecule has 0 aromatic carbocycles. The first-order valence-corrected chi connectivity index (χ1v) is 2.43. The van der Waals surface area contributed by atoms with Crippen LogP contribution < -0.4 is 11.2 Å². The van der Waals surface area contributed by atoms with Gasteiger partial charge >= 0.3 is 5.69 Å². The molecule has 6 heteroatoms. The van der Waals surface area contributed by atoms with Crippen LogP contribution in [-0.2, 0) is 0 Å². The Morgan fingerprint density at radius 3 is 2.70 bits per heavy atom. The highest BCUT2D eigenvalue weighted by atomic mass is 16.2. The molecule has 0 spiro atoms. The van der Waals surface area contributed by atoms with Gasteiger partial charge in [-0.15, -0.1) is 0 Å². The second-order valence-corrected chi connectivity index (χ2v) is 1.57. The van der Waals surface area contributed by atoms with Gasteiger partial charge in [-0.1, -0.05) is 0 Å². The number of nitrogens with zero attached hydrogens (tertiary/aromatic N) is 1.